The highest BCUT2D eigenvalue weighted by atomic mass is 16.6. The Kier molecular flexibility index (Phi) is 55.7. The molecule has 0 aliphatic carbocycles. The Morgan fingerprint density at radius 3 is 0.884 bits per heavy atom. The Hall–Kier alpha value is -2.63. The fourth-order valence-corrected chi connectivity index (χ4v) is 8.93. The van der Waals surface area contributed by atoms with Crippen LogP contribution in [0.2, 0.25) is 0 Å². The highest BCUT2D eigenvalue weighted by molar-refractivity contribution is 5.71. The van der Waals surface area contributed by atoms with Gasteiger partial charge in [-0.1, -0.05) is 307 Å². The summed E-state index contributed by atoms with van der Waals surface area (Å²) < 4.78 is 16.9. The number of carbonyl (C=O) groups is 3. The van der Waals surface area contributed by atoms with E-state index in [0.29, 0.717) is 19.3 Å². The van der Waals surface area contributed by atoms with Gasteiger partial charge in [-0.3, -0.25) is 14.4 Å². The fraction of sp³-hybridized carbons (Fsp3) is 0.825. The van der Waals surface area contributed by atoms with Crippen LogP contribution < -0.4 is 0 Å². The molecule has 0 amide bonds. The first-order valence-electron chi connectivity index (χ1n) is 30.2. The molecule has 0 radical (unpaired) electrons. The molecule has 0 aromatic rings. The van der Waals surface area contributed by atoms with Crippen molar-refractivity contribution < 1.29 is 28.6 Å². The first-order valence-corrected chi connectivity index (χ1v) is 30.2. The second-order valence-corrected chi connectivity index (χ2v) is 20.3. The third kappa shape index (κ3) is 56.2. The molecule has 402 valence electrons. The molecule has 0 aliphatic heterocycles. The third-order valence-electron chi connectivity index (χ3n) is 13.4. The summed E-state index contributed by atoms with van der Waals surface area (Å²) in [7, 11) is 0. The maximum atomic E-state index is 12.9. The second kappa shape index (κ2) is 57.9. The Balaban J connectivity index is 4.34. The summed E-state index contributed by atoms with van der Waals surface area (Å²) in [6.45, 7) is 6.54. The van der Waals surface area contributed by atoms with Crippen molar-refractivity contribution in [3.8, 4) is 0 Å². The summed E-state index contributed by atoms with van der Waals surface area (Å²) >= 11 is 0. The molecule has 0 fully saturated rings. The van der Waals surface area contributed by atoms with Gasteiger partial charge in [-0.25, -0.2) is 0 Å². The number of rotatable bonds is 55. The number of hydrogen-bond donors (Lipinski definition) is 0. The lowest BCUT2D eigenvalue weighted by Gasteiger charge is -2.18. The molecule has 1 unspecified atom stereocenters. The van der Waals surface area contributed by atoms with Gasteiger partial charge in [0.05, 0.1) is 0 Å². The van der Waals surface area contributed by atoms with E-state index in [0.717, 1.165) is 83.5 Å². The molecule has 0 saturated heterocycles. The fourth-order valence-electron chi connectivity index (χ4n) is 8.93. The topological polar surface area (TPSA) is 78.9 Å². The van der Waals surface area contributed by atoms with E-state index >= 15 is 0 Å². The summed E-state index contributed by atoms with van der Waals surface area (Å²) in [6, 6.07) is 0. The van der Waals surface area contributed by atoms with Gasteiger partial charge in [-0.2, -0.15) is 0 Å². The van der Waals surface area contributed by atoms with Gasteiger partial charge in [0.25, 0.3) is 0 Å². The lowest BCUT2D eigenvalue weighted by Crippen LogP contribution is -2.30. The number of carbonyl (C=O) groups excluding carboxylic acids is 3. The van der Waals surface area contributed by atoms with Crippen LogP contribution in [0.15, 0.2) is 48.6 Å². The van der Waals surface area contributed by atoms with Gasteiger partial charge in [0, 0.05) is 19.3 Å². The highest BCUT2D eigenvalue weighted by Crippen LogP contribution is 2.17. The van der Waals surface area contributed by atoms with Crippen molar-refractivity contribution in [1.82, 2.24) is 0 Å². The smallest absolute Gasteiger partial charge is 0.306 e. The van der Waals surface area contributed by atoms with E-state index in [-0.39, 0.29) is 31.1 Å². The highest BCUT2D eigenvalue weighted by Gasteiger charge is 2.19. The average Bonchev–Trinajstić information content (AvgIpc) is 3.35. The minimum absolute atomic E-state index is 0.0761. The average molecular weight is 968 g/mol. The maximum Gasteiger partial charge on any atom is 0.306 e. The molecule has 0 heterocycles. The van der Waals surface area contributed by atoms with Crippen LogP contribution in [-0.2, 0) is 28.6 Å². The Morgan fingerprint density at radius 2 is 0.565 bits per heavy atom. The van der Waals surface area contributed by atoms with Gasteiger partial charge < -0.3 is 14.2 Å². The van der Waals surface area contributed by atoms with Crippen LogP contribution in [-0.4, -0.2) is 37.2 Å². The zero-order valence-corrected chi connectivity index (χ0v) is 46.1. The minimum Gasteiger partial charge on any atom is -0.462 e. The van der Waals surface area contributed by atoms with Crippen molar-refractivity contribution in [3.05, 3.63) is 48.6 Å². The van der Waals surface area contributed by atoms with Gasteiger partial charge in [0.1, 0.15) is 13.2 Å². The zero-order valence-electron chi connectivity index (χ0n) is 46.1. The SMILES string of the molecule is CC\C=C/C=C\C=C/C=C\CCCCCCCC(=O)OCC(COC(=O)CCCCCCCCCCCCCCCCCCCCC)OC(=O)CCCCCCCCCCCCCCCCCCC. The van der Waals surface area contributed by atoms with Crippen LogP contribution in [0, 0.1) is 0 Å². The number of allylic oxidation sites excluding steroid dienone is 8. The molecule has 69 heavy (non-hydrogen) atoms. The quantitative estimate of drug-likeness (QED) is 0.0262. The van der Waals surface area contributed by atoms with Crippen molar-refractivity contribution in [2.75, 3.05) is 13.2 Å². The molecule has 0 bridgehead atoms. The standard InChI is InChI=1S/C63H114O6/c1-4-7-10-13-16-19-22-25-28-30-31-33-35-38-41-44-47-50-53-56-62(65)68-59-60(58-67-61(64)55-52-49-46-43-40-37-34-27-24-21-18-15-12-9-6-3)69-63(66)57-54-51-48-45-42-39-36-32-29-26-23-20-17-14-11-8-5-2/h9,12,15,18,21,24,27,34,60H,4-8,10-11,13-14,16-17,19-20,22-23,25-26,28-33,35-59H2,1-3H3/b12-9-,18-15-,24-21-,34-27-. The van der Waals surface area contributed by atoms with Crippen LogP contribution >= 0.6 is 0 Å². The van der Waals surface area contributed by atoms with Crippen molar-refractivity contribution >= 4 is 17.9 Å². The van der Waals surface area contributed by atoms with Gasteiger partial charge in [0.15, 0.2) is 6.10 Å². The Bertz CT molecular complexity index is 1200. The van der Waals surface area contributed by atoms with Gasteiger partial charge in [0.2, 0.25) is 0 Å². The van der Waals surface area contributed by atoms with Crippen LogP contribution in [0.25, 0.3) is 0 Å². The van der Waals surface area contributed by atoms with Crippen LogP contribution in [0.5, 0.6) is 0 Å². The molecule has 0 saturated carbocycles. The molecule has 0 spiro atoms. The molecule has 1 atom stereocenters. The number of ether oxygens (including phenoxy) is 3. The molecular formula is C63H114O6. The predicted molar refractivity (Wildman–Crippen MR) is 298 cm³/mol. The predicted octanol–water partition coefficient (Wildman–Crippen LogP) is 20.2. The number of hydrogen-bond acceptors (Lipinski definition) is 6. The number of unbranched alkanes of at least 4 members (excludes halogenated alkanes) is 39. The van der Waals surface area contributed by atoms with E-state index in [1.165, 1.54) is 193 Å². The molecule has 6 nitrogen and oxygen atoms in total. The van der Waals surface area contributed by atoms with Crippen molar-refractivity contribution in [2.45, 2.75) is 322 Å². The van der Waals surface area contributed by atoms with E-state index in [9.17, 15) is 14.4 Å². The summed E-state index contributed by atoms with van der Waals surface area (Å²) in [4.78, 5) is 38.2. The van der Waals surface area contributed by atoms with E-state index in [2.05, 4.69) is 51.2 Å². The maximum absolute atomic E-state index is 12.9. The summed E-state index contributed by atoms with van der Waals surface area (Å²) in [5.41, 5.74) is 0. The first kappa shape index (κ1) is 66.4. The van der Waals surface area contributed by atoms with Gasteiger partial charge in [-0.05, 0) is 38.5 Å². The second-order valence-electron chi connectivity index (χ2n) is 20.3. The summed E-state index contributed by atoms with van der Waals surface area (Å²) in [5.74, 6) is -0.880. The van der Waals surface area contributed by atoms with Gasteiger partial charge >= 0.3 is 17.9 Å². The molecule has 0 aromatic carbocycles. The largest absolute Gasteiger partial charge is 0.462 e. The van der Waals surface area contributed by atoms with E-state index < -0.39 is 6.10 Å². The van der Waals surface area contributed by atoms with Crippen LogP contribution in [0.3, 0.4) is 0 Å². The Morgan fingerprint density at radius 1 is 0.304 bits per heavy atom. The Labute approximate surface area is 428 Å². The summed E-state index contributed by atoms with van der Waals surface area (Å²) in [5, 5.41) is 0. The molecule has 0 rings (SSSR count). The molecule has 0 aromatic heterocycles. The van der Waals surface area contributed by atoms with E-state index in [1.54, 1.807) is 0 Å². The lowest BCUT2D eigenvalue weighted by atomic mass is 10.0. The third-order valence-corrected chi connectivity index (χ3v) is 13.4. The van der Waals surface area contributed by atoms with E-state index in [1.807, 2.05) is 18.2 Å². The molecule has 0 aliphatic rings. The normalized spacial score (nSPS) is 12.3. The first-order chi connectivity index (χ1) is 34.0. The lowest BCUT2D eigenvalue weighted by molar-refractivity contribution is -0.167. The molecule has 6 heteroatoms. The van der Waals surface area contributed by atoms with E-state index in [4.69, 9.17) is 14.2 Å². The monoisotopic (exact) mass is 967 g/mol. The van der Waals surface area contributed by atoms with Crippen LogP contribution in [0.4, 0.5) is 0 Å². The van der Waals surface area contributed by atoms with Crippen molar-refractivity contribution in [1.29, 1.82) is 0 Å². The molecular weight excluding hydrogens is 853 g/mol. The van der Waals surface area contributed by atoms with Crippen molar-refractivity contribution in [3.63, 3.8) is 0 Å². The van der Waals surface area contributed by atoms with Crippen molar-refractivity contribution in [2.24, 2.45) is 0 Å². The van der Waals surface area contributed by atoms with Crippen LogP contribution in [0.1, 0.15) is 316 Å². The van der Waals surface area contributed by atoms with Gasteiger partial charge in [-0.15, -0.1) is 0 Å². The zero-order chi connectivity index (χ0) is 50.0. The minimum atomic E-state index is -0.780. The number of esters is 3. The summed E-state index contributed by atoms with van der Waals surface area (Å²) in [6.07, 6.45) is 71.1. The molecule has 0 N–H and O–H groups in total.